The van der Waals surface area contributed by atoms with Gasteiger partial charge < -0.3 is 4.42 Å². The fourth-order valence-electron chi connectivity index (χ4n) is 10.1. The summed E-state index contributed by atoms with van der Waals surface area (Å²) in [6, 6.07) is 67.3. The Morgan fingerprint density at radius 1 is 0.345 bits per heavy atom. The van der Waals surface area contributed by atoms with E-state index in [4.69, 9.17) is 19.4 Å². The number of fused-ring (bicyclic) bond motifs is 10. The van der Waals surface area contributed by atoms with Crippen molar-refractivity contribution in [3.8, 4) is 56.4 Å². The quantitative estimate of drug-likeness (QED) is 0.169. The van der Waals surface area contributed by atoms with Crippen LogP contribution >= 0.6 is 0 Å². The SMILES string of the molecule is c1ccc(-c2nc(-c3ccc(-c4cccc5c4-c4ccccc4C54c5cccc6ccc7cccc4c7c56)cc3)nc(-c3ccc4c(c3)oc3ccccc34)n2)cc1. The van der Waals surface area contributed by atoms with Crippen molar-refractivity contribution in [2.75, 3.05) is 0 Å². The summed E-state index contributed by atoms with van der Waals surface area (Å²) in [5, 5.41) is 7.49. The Morgan fingerprint density at radius 2 is 0.879 bits per heavy atom. The van der Waals surface area contributed by atoms with Gasteiger partial charge in [0.15, 0.2) is 17.5 Å². The number of aromatic nitrogens is 3. The van der Waals surface area contributed by atoms with Crippen LogP contribution in [0.5, 0.6) is 0 Å². The Bertz CT molecular complexity index is 3450. The summed E-state index contributed by atoms with van der Waals surface area (Å²) in [6.45, 7) is 0. The molecule has 2 aliphatic rings. The van der Waals surface area contributed by atoms with E-state index in [1.807, 2.05) is 54.6 Å². The third-order valence-corrected chi connectivity index (χ3v) is 12.5. The smallest absolute Gasteiger partial charge is 0.164 e. The number of nitrogens with zero attached hydrogens (tertiary/aromatic N) is 3. The molecule has 4 heteroatoms. The van der Waals surface area contributed by atoms with E-state index in [-0.39, 0.29) is 0 Å². The molecule has 2 heterocycles. The molecule has 0 amide bonds. The number of rotatable bonds is 4. The molecular weight excluding hydrogens is 707 g/mol. The molecule has 0 unspecified atom stereocenters. The van der Waals surface area contributed by atoms with E-state index in [2.05, 4.69) is 133 Å². The zero-order chi connectivity index (χ0) is 38.0. The van der Waals surface area contributed by atoms with Crippen molar-refractivity contribution in [2.24, 2.45) is 0 Å². The highest BCUT2D eigenvalue weighted by molar-refractivity contribution is 6.18. The molecule has 0 N–H and O–H groups in total. The van der Waals surface area contributed by atoms with Crippen LogP contribution in [-0.4, -0.2) is 15.0 Å². The summed E-state index contributed by atoms with van der Waals surface area (Å²) < 4.78 is 6.26. The van der Waals surface area contributed by atoms with Gasteiger partial charge in [-0.1, -0.05) is 170 Å². The van der Waals surface area contributed by atoms with Crippen LogP contribution in [0.3, 0.4) is 0 Å². The van der Waals surface area contributed by atoms with E-state index in [9.17, 15) is 0 Å². The zero-order valence-corrected chi connectivity index (χ0v) is 31.1. The maximum absolute atomic E-state index is 6.26. The van der Waals surface area contributed by atoms with E-state index in [1.165, 1.54) is 60.5 Å². The van der Waals surface area contributed by atoms with Crippen LogP contribution in [0.25, 0.3) is 99.9 Å². The van der Waals surface area contributed by atoms with Crippen molar-refractivity contribution in [2.45, 2.75) is 5.41 Å². The molecule has 0 bridgehead atoms. The highest BCUT2D eigenvalue weighted by atomic mass is 16.3. The zero-order valence-electron chi connectivity index (χ0n) is 31.1. The third-order valence-electron chi connectivity index (χ3n) is 12.5. The van der Waals surface area contributed by atoms with Crippen molar-refractivity contribution in [1.29, 1.82) is 0 Å². The Kier molecular flexibility index (Phi) is 6.34. The van der Waals surface area contributed by atoms with E-state index < -0.39 is 5.41 Å². The fraction of sp³-hybridized carbons (Fsp3) is 0.0185. The van der Waals surface area contributed by atoms with Gasteiger partial charge in [-0.05, 0) is 84.3 Å². The molecule has 2 aliphatic carbocycles. The molecule has 2 aromatic heterocycles. The van der Waals surface area contributed by atoms with Crippen molar-refractivity contribution in [1.82, 2.24) is 15.0 Å². The molecule has 1 spiro atoms. The molecule has 9 aromatic carbocycles. The second kappa shape index (κ2) is 11.7. The van der Waals surface area contributed by atoms with E-state index >= 15 is 0 Å². The number of para-hydroxylation sites is 1. The monoisotopic (exact) mass is 737 g/mol. The largest absolute Gasteiger partial charge is 0.456 e. The first-order valence-electron chi connectivity index (χ1n) is 19.8. The van der Waals surface area contributed by atoms with Gasteiger partial charge in [-0.2, -0.15) is 0 Å². The first-order chi connectivity index (χ1) is 28.7. The lowest BCUT2D eigenvalue weighted by molar-refractivity contribution is 0.669. The standard InChI is InChI=1S/C54H31N3O/c1-2-11-35(12-3-1)51-55-52(57-53(56-51)37-29-30-40-39-15-5-7-22-46(39)58-47(40)31-37)36-27-23-32(24-28-36)38-17-10-21-45-50(38)41-16-4-6-18-42(41)54(45)43-19-8-13-33-25-26-34-14-9-20-44(54)49(34)48(33)43/h1-31H. The van der Waals surface area contributed by atoms with Gasteiger partial charge >= 0.3 is 0 Å². The van der Waals surface area contributed by atoms with Gasteiger partial charge in [-0.15, -0.1) is 0 Å². The fourth-order valence-corrected chi connectivity index (χ4v) is 10.1. The minimum atomic E-state index is -0.398. The van der Waals surface area contributed by atoms with Crippen LogP contribution < -0.4 is 0 Å². The molecule has 4 nitrogen and oxygen atoms in total. The number of hydrogen-bond acceptors (Lipinski definition) is 4. The molecule has 13 rings (SSSR count). The van der Waals surface area contributed by atoms with Crippen LogP contribution in [0.15, 0.2) is 192 Å². The third kappa shape index (κ3) is 4.21. The highest BCUT2D eigenvalue weighted by Crippen LogP contribution is 2.63. The average Bonchev–Trinajstić information content (AvgIpc) is 3.93. The van der Waals surface area contributed by atoms with Crippen molar-refractivity contribution < 1.29 is 4.42 Å². The Labute approximate surface area is 333 Å². The Balaban J connectivity index is 0.962. The van der Waals surface area contributed by atoms with Gasteiger partial charge in [0.1, 0.15) is 11.2 Å². The molecule has 0 radical (unpaired) electrons. The molecule has 0 fully saturated rings. The second-order valence-corrected chi connectivity index (χ2v) is 15.5. The first kappa shape index (κ1) is 31.5. The summed E-state index contributed by atoms with van der Waals surface area (Å²) in [5.41, 5.74) is 14.4. The maximum Gasteiger partial charge on any atom is 0.164 e. The van der Waals surface area contributed by atoms with Gasteiger partial charge in [-0.3, -0.25) is 0 Å². The predicted octanol–water partition coefficient (Wildman–Crippen LogP) is 13.4. The first-order valence-corrected chi connectivity index (χ1v) is 19.8. The van der Waals surface area contributed by atoms with Gasteiger partial charge in [0.05, 0.1) is 5.41 Å². The van der Waals surface area contributed by atoms with E-state index in [0.717, 1.165) is 44.2 Å². The predicted molar refractivity (Wildman–Crippen MR) is 235 cm³/mol. The maximum atomic E-state index is 6.26. The normalized spacial score (nSPS) is 13.3. The lowest BCUT2D eigenvalue weighted by atomic mass is 9.70. The summed E-state index contributed by atoms with van der Waals surface area (Å²) in [6.07, 6.45) is 0. The number of benzene rings is 9. The van der Waals surface area contributed by atoms with Crippen molar-refractivity contribution in [3.63, 3.8) is 0 Å². The molecule has 268 valence electrons. The lowest BCUT2D eigenvalue weighted by Gasteiger charge is -2.31. The summed E-state index contributed by atoms with van der Waals surface area (Å²) in [7, 11) is 0. The Morgan fingerprint density at radius 3 is 1.64 bits per heavy atom. The molecular formula is C54H31N3O. The number of hydrogen-bond donors (Lipinski definition) is 0. The van der Waals surface area contributed by atoms with Crippen molar-refractivity contribution in [3.05, 3.63) is 210 Å². The molecule has 0 aliphatic heterocycles. The van der Waals surface area contributed by atoms with Crippen LogP contribution in [0, 0.1) is 0 Å². The minimum Gasteiger partial charge on any atom is -0.456 e. The summed E-state index contributed by atoms with van der Waals surface area (Å²) >= 11 is 0. The van der Waals surface area contributed by atoms with Crippen LogP contribution in [0.4, 0.5) is 0 Å². The van der Waals surface area contributed by atoms with Crippen LogP contribution in [0.1, 0.15) is 22.3 Å². The van der Waals surface area contributed by atoms with Crippen LogP contribution in [0.2, 0.25) is 0 Å². The lowest BCUT2D eigenvalue weighted by Crippen LogP contribution is -2.26. The molecule has 0 saturated heterocycles. The molecule has 58 heavy (non-hydrogen) atoms. The van der Waals surface area contributed by atoms with Gasteiger partial charge in [-0.25, -0.2) is 15.0 Å². The van der Waals surface area contributed by atoms with E-state index in [1.54, 1.807) is 0 Å². The number of furan rings is 1. The summed E-state index contributed by atoms with van der Waals surface area (Å²) in [4.78, 5) is 15.1. The van der Waals surface area contributed by atoms with Gasteiger partial charge in [0.25, 0.3) is 0 Å². The average molecular weight is 738 g/mol. The Hall–Kier alpha value is -7.69. The highest BCUT2D eigenvalue weighted by Gasteiger charge is 2.51. The van der Waals surface area contributed by atoms with Crippen LogP contribution in [-0.2, 0) is 5.41 Å². The molecule has 11 aromatic rings. The molecule has 0 atom stereocenters. The second-order valence-electron chi connectivity index (χ2n) is 15.5. The van der Waals surface area contributed by atoms with Gasteiger partial charge in [0.2, 0.25) is 0 Å². The van der Waals surface area contributed by atoms with E-state index in [0.29, 0.717) is 17.5 Å². The summed E-state index contributed by atoms with van der Waals surface area (Å²) in [5.74, 6) is 1.84. The topological polar surface area (TPSA) is 51.8 Å². The minimum absolute atomic E-state index is 0.398. The molecule has 0 saturated carbocycles. The van der Waals surface area contributed by atoms with Crippen molar-refractivity contribution >= 4 is 43.5 Å². The van der Waals surface area contributed by atoms with Gasteiger partial charge in [0, 0.05) is 27.5 Å².